The molecule has 2 aromatic heterocycles. The minimum Gasteiger partial charge on any atom is -0.341 e. The number of hydrogen-bond acceptors (Lipinski definition) is 5. The lowest BCUT2D eigenvalue weighted by Crippen LogP contribution is -2.43. The van der Waals surface area contributed by atoms with Crippen LogP contribution in [0, 0.1) is 11.8 Å². The second kappa shape index (κ2) is 12.9. The van der Waals surface area contributed by atoms with E-state index in [0.717, 1.165) is 75.5 Å². The van der Waals surface area contributed by atoms with E-state index in [2.05, 4.69) is 52.4 Å². The molecule has 1 N–H and O–H groups in total. The Bertz CT molecular complexity index is 1610. The van der Waals surface area contributed by atoms with E-state index in [1.807, 2.05) is 35.0 Å². The molecule has 210 valence electrons. The molecule has 2 fully saturated rings. The lowest BCUT2D eigenvalue weighted by Gasteiger charge is -2.33. The van der Waals surface area contributed by atoms with E-state index in [9.17, 15) is 4.79 Å². The van der Waals surface area contributed by atoms with E-state index in [0.29, 0.717) is 28.2 Å². The molecular formula is C34H36ClN5O. The summed E-state index contributed by atoms with van der Waals surface area (Å²) in [5.41, 5.74) is 3.49. The van der Waals surface area contributed by atoms with Crippen molar-refractivity contribution in [3.8, 4) is 11.8 Å². The van der Waals surface area contributed by atoms with Gasteiger partial charge in [-0.05, 0) is 62.4 Å². The van der Waals surface area contributed by atoms with Crippen LogP contribution >= 0.6 is 11.6 Å². The third kappa shape index (κ3) is 6.64. The number of nitrogens with one attached hydrogen (secondary N) is 1. The fraction of sp³-hybridized carbons (Fsp3) is 0.382. The first kappa shape index (κ1) is 27.5. The summed E-state index contributed by atoms with van der Waals surface area (Å²) in [5, 5.41) is 5.19. The normalized spacial score (nSPS) is 16.5. The van der Waals surface area contributed by atoms with Crippen LogP contribution in [0.25, 0.3) is 11.0 Å². The summed E-state index contributed by atoms with van der Waals surface area (Å²) in [5.74, 6) is 7.09. The Labute approximate surface area is 246 Å². The Morgan fingerprint density at radius 2 is 1.73 bits per heavy atom. The molecule has 6 nitrogen and oxygen atoms in total. The molecule has 2 aliphatic rings. The zero-order chi connectivity index (χ0) is 28.0. The van der Waals surface area contributed by atoms with Crippen LogP contribution in [0.15, 0.2) is 71.7 Å². The summed E-state index contributed by atoms with van der Waals surface area (Å²) in [4.78, 5) is 25.7. The van der Waals surface area contributed by atoms with Crippen molar-refractivity contribution in [2.24, 2.45) is 0 Å². The van der Waals surface area contributed by atoms with Gasteiger partial charge in [0.1, 0.15) is 5.65 Å². The molecule has 6 rings (SSSR count). The smallest absolute Gasteiger partial charge is 0.253 e. The largest absolute Gasteiger partial charge is 0.341 e. The summed E-state index contributed by atoms with van der Waals surface area (Å²) in [6.45, 7) is 2.75. The van der Waals surface area contributed by atoms with Crippen LogP contribution < -0.4 is 15.8 Å². The number of hydrogen-bond donors (Lipinski definition) is 1. The highest BCUT2D eigenvalue weighted by molar-refractivity contribution is 6.30. The van der Waals surface area contributed by atoms with Crippen molar-refractivity contribution in [2.75, 3.05) is 24.5 Å². The third-order valence-corrected chi connectivity index (χ3v) is 8.59. The first-order chi connectivity index (χ1) is 20.1. The average molecular weight is 566 g/mol. The minimum absolute atomic E-state index is 0.0363. The number of pyridine rings is 1. The fourth-order valence-electron chi connectivity index (χ4n) is 6.12. The van der Waals surface area contributed by atoms with Gasteiger partial charge in [0.05, 0.1) is 5.39 Å². The molecule has 0 amide bonds. The Morgan fingerprint density at radius 1 is 0.927 bits per heavy atom. The molecule has 0 atom stereocenters. The highest BCUT2D eigenvalue weighted by Gasteiger charge is 2.24. The van der Waals surface area contributed by atoms with Gasteiger partial charge in [0, 0.05) is 53.6 Å². The van der Waals surface area contributed by atoms with E-state index in [4.69, 9.17) is 21.6 Å². The van der Waals surface area contributed by atoms with E-state index < -0.39 is 0 Å². The van der Waals surface area contributed by atoms with Crippen LogP contribution in [-0.4, -0.2) is 40.2 Å². The Hall–Kier alpha value is -3.66. The van der Waals surface area contributed by atoms with Crippen LogP contribution in [0.5, 0.6) is 0 Å². The van der Waals surface area contributed by atoms with Crippen LogP contribution in [0.3, 0.4) is 0 Å². The van der Waals surface area contributed by atoms with Crippen molar-refractivity contribution in [1.82, 2.24) is 19.9 Å². The SMILES string of the molecule is O=c1cc(C#Cc2cccc(Cl)c2)c2cnc(N3CCC(NCCc4ccccc4)CC3)nc2n1C1CCCCC1. The fourth-order valence-corrected chi connectivity index (χ4v) is 6.31. The first-order valence-electron chi connectivity index (χ1n) is 14.9. The second-order valence-electron chi connectivity index (χ2n) is 11.2. The van der Waals surface area contributed by atoms with Gasteiger partial charge in [-0.2, -0.15) is 4.98 Å². The lowest BCUT2D eigenvalue weighted by atomic mass is 9.95. The van der Waals surface area contributed by atoms with Gasteiger partial charge in [-0.3, -0.25) is 9.36 Å². The van der Waals surface area contributed by atoms with Crippen LogP contribution in [-0.2, 0) is 6.42 Å². The number of anilines is 1. The van der Waals surface area contributed by atoms with Crippen molar-refractivity contribution in [2.45, 2.75) is 63.5 Å². The van der Waals surface area contributed by atoms with Crippen molar-refractivity contribution in [1.29, 1.82) is 0 Å². The lowest BCUT2D eigenvalue weighted by molar-refractivity contribution is 0.352. The predicted molar refractivity (Wildman–Crippen MR) is 167 cm³/mol. The summed E-state index contributed by atoms with van der Waals surface area (Å²) in [7, 11) is 0. The summed E-state index contributed by atoms with van der Waals surface area (Å²) >= 11 is 6.15. The van der Waals surface area contributed by atoms with Crippen LogP contribution in [0.4, 0.5) is 5.95 Å². The minimum atomic E-state index is -0.0363. The monoisotopic (exact) mass is 565 g/mol. The molecule has 4 aromatic rings. The van der Waals surface area contributed by atoms with Gasteiger partial charge in [0.2, 0.25) is 5.95 Å². The van der Waals surface area contributed by atoms with Gasteiger partial charge in [-0.1, -0.05) is 79.1 Å². The number of piperidine rings is 1. The van der Waals surface area contributed by atoms with Gasteiger partial charge < -0.3 is 10.2 Å². The summed E-state index contributed by atoms with van der Waals surface area (Å²) in [6, 6.07) is 20.4. The molecular weight excluding hydrogens is 530 g/mol. The molecule has 2 aromatic carbocycles. The number of fused-ring (bicyclic) bond motifs is 1. The quantitative estimate of drug-likeness (QED) is 0.284. The first-order valence-corrected chi connectivity index (χ1v) is 15.2. The number of halogens is 1. The Balaban J connectivity index is 1.24. The molecule has 1 aliphatic carbocycles. The Morgan fingerprint density at radius 3 is 2.51 bits per heavy atom. The molecule has 7 heteroatoms. The van der Waals surface area contributed by atoms with Gasteiger partial charge in [0.25, 0.3) is 5.56 Å². The van der Waals surface area contributed by atoms with Gasteiger partial charge in [-0.15, -0.1) is 0 Å². The summed E-state index contributed by atoms with van der Waals surface area (Å²) < 4.78 is 1.92. The van der Waals surface area contributed by atoms with E-state index in [1.54, 1.807) is 6.07 Å². The van der Waals surface area contributed by atoms with Crippen molar-refractivity contribution >= 4 is 28.6 Å². The highest BCUT2D eigenvalue weighted by Crippen LogP contribution is 2.30. The molecule has 0 radical (unpaired) electrons. The van der Waals surface area contributed by atoms with E-state index >= 15 is 0 Å². The maximum Gasteiger partial charge on any atom is 0.253 e. The number of nitrogens with zero attached hydrogens (tertiary/aromatic N) is 4. The second-order valence-corrected chi connectivity index (χ2v) is 11.6. The molecule has 0 unspecified atom stereocenters. The highest BCUT2D eigenvalue weighted by atomic mass is 35.5. The molecule has 41 heavy (non-hydrogen) atoms. The zero-order valence-electron chi connectivity index (χ0n) is 23.4. The standard InChI is InChI=1S/C34H36ClN5O/c35-28-11-7-10-26(22-28)14-15-27-23-32(41)40(30-12-5-2-6-13-30)33-31(27)24-37-34(38-33)39-20-17-29(18-21-39)36-19-16-25-8-3-1-4-9-25/h1,3-4,7-11,22-24,29-30,36H,2,5-6,12-13,16-21H2. The van der Waals surface area contributed by atoms with Crippen LogP contribution in [0.1, 0.15) is 67.7 Å². The molecule has 1 saturated heterocycles. The maximum atomic E-state index is 13.5. The molecule has 1 aliphatic heterocycles. The number of aromatic nitrogens is 3. The summed E-state index contributed by atoms with van der Waals surface area (Å²) in [6.07, 6.45) is 10.5. The Kier molecular flexibility index (Phi) is 8.65. The van der Waals surface area contributed by atoms with Crippen molar-refractivity contribution in [3.63, 3.8) is 0 Å². The van der Waals surface area contributed by atoms with Crippen molar-refractivity contribution < 1.29 is 0 Å². The van der Waals surface area contributed by atoms with Gasteiger partial charge >= 0.3 is 0 Å². The zero-order valence-corrected chi connectivity index (χ0v) is 24.1. The predicted octanol–water partition coefficient (Wildman–Crippen LogP) is 6.15. The third-order valence-electron chi connectivity index (χ3n) is 8.35. The molecule has 0 spiro atoms. The van der Waals surface area contributed by atoms with Crippen LogP contribution in [0.2, 0.25) is 5.02 Å². The van der Waals surface area contributed by atoms with E-state index in [-0.39, 0.29) is 11.6 Å². The van der Waals surface area contributed by atoms with Gasteiger partial charge in [0.15, 0.2) is 0 Å². The number of rotatable bonds is 6. The van der Waals surface area contributed by atoms with E-state index in [1.165, 1.54) is 12.0 Å². The average Bonchev–Trinajstić information content (AvgIpc) is 3.01. The molecule has 3 heterocycles. The number of benzene rings is 2. The topological polar surface area (TPSA) is 63.1 Å². The van der Waals surface area contributed by atoms with Crippen molar-refractivity contribution in [3.05, 3.63) is 98.9 Å². The molecule has 1 saturated carbocycles. The van der Waals surface area contributed by atoms with Gasteiger partial charge in [-0.25, -0.2) is 4.98 Å². The maximum absolute atomic E-state index is 13.5. The molecule has 0 bridgehead atoms.